The smallest absolute Gasteiger partial charge is 0.180 e. The van der Waals surface area contributed by atoms with Gasteiger partial charge in [0.2, 0.25) is 0 Å². The van der Waals surface area contributed by atoms with E-state index in [0.29, 0.717) is 11.8 Å². The van der Waals surface area contributed by atoms with E-state index < -0.39 is 0 Å². The van der Waals surface area contributed by atoms with Crippen molar-refractivity contribution in [3.05, 3.63) is 66.0 Å². The van der Waals surface area contributed by atoms with Crippen LogP contribution in [0.15, 0.2) is 59.6 Å². The lowest BCUT2D eigenvalue weighted by Gasteiger charge is -2.29. The zero-order chi connectivity index (χ0) is 13.9. The second-order valence-corrected chi connectivity index (χ2v) is 4.74. The summed E-state index contributed by atoms with van der Waals surface area (Å²) in [6.07, 6.45) is 0. The third-order valence-electron chi connectivity index (χ3n) is 3.03. The van der Waals surface area contributed by atoms with Crippen LogP contribution in [0.25, 0.3) is 0 Å². The van der Waals surface area contributed by atoms with Crippen LogP contribution in [-0.2, 0) is 0 Å². The minimum atomic E-state index is -0.266. The topological polar surface area (TPSA) is 27.6 Å². The molecule has 1 aliphatic heterocycles. The van der Waals surface area contributed by atoms with E-state index in [9.17, 15) is 4.39 Å². The third kappa shape index (κ3) is 2.53. The number of nitrogens with one attached hydrogen (secondary N) is 1. The monoisotopic (exact) mass is 285 g/mol. The molecule has 0 bridgehead atoms. The third-order valence-corrected chi connectivity index (χ3v) is 3.35. The molecule has 0 atom stereocenters. The quantitative estimate of drug-likeness (QED) is 0.860. The van der Waals surface area contributed by atoms with E-state index in [-0.39, 0.29) is 5.82 Å². The van der Waals surface area contributed by atoms with Gasteiger partial charge in [0, 0.05) is 11.3 Å². The average molecular weight is 285 g/mol. The van der Waals surface area contributed by atoms with Gasteiger partial charge in [-0.25, -0.2) is 9.38 Å². The fraction of sp³-hybridized carbons (Fsp3) is 0.0667. The predicted molar refractivity (Wildman–Crippen MR) is 82.5 cm³/mol. The SMILES string of the molecule is Fc1ccc(N2CN=C(c3ccccc3)NC2=S)cc1. The van der Waals surface area contributed by atoms with Crippen molar-refractivity contribution in [3.63, 3.8) is 0 Å². The second-order valence-electron chi connectivity index (χ2n) is 4.35. The van der Waals surface area contributed by atoms with Crippen molar-refractivity contribution in [1.82, 2.24) is 5.32 Å². The van der Waals surface area contributed by atoms with Gasteiger partial charge in [0.1, 0.15) is 18.3 Å². The first-order valence-corrected chi connectivity index (χ1v) is 6.59. The molecule has 3 rings (SSSR count). The molecule has 0 aliphatic carbocycles. The second kappa shape index (κ2) is 5.38. The number of nitrogens with zero attached hydrogens (tertiary/aromatic N) is 2. The van der Waals surface area contributed by atoms with Gasteiger partial charge in [-0.1, -0.05) is 30.3 Å². The molecule has 1 heterocycles. The summed E-state index contributed by atoms with van der Waals surface area (Å²) in [5.41, 5.74) is 1.81. The number of benzene rings is 2. The Balaban J connectivity index is 1.84. The highest BCUT2D eigenvalue weighted by atomic mass is 32.1. The molecule has 1 aliphatic rings. The summed E-state index contributed by atoms with van der Waals surface area (Å²) in [6, 6.07) is 16.0. The normalized spacial score (nSPS) is 14.8. The van der Waals surface area contributed by atoms with E-state index in [1.807, 2.05) is 35.2 Å². The Morgan fingerprint density at radius 3 is 2.40 bits per heavy atom. The Hall–Kier alpha value is -2.27. The highest BCUT2D eigenvalue weighted by molar-refractivity contribution is 7.80. The maximum Gasteiger partial charge on any atom is 0.180 e. The van der Waals surface area contributed by atoms with Gasteiger partial charge in [-0.2, -0.15) is 0 Å². The summed E-state index contributed by atoms with van der Waals surface area (Å²) < 4.78 is 12.9. The maximum atomic E-state index is 12.9. The Bertz CT molecular complexity index is 653. The lowest BCUT2D eigenvalue weighted by atomic mass is 10.2. The molecule has 3 nitrogen and oxygen atoms in total. The fourth-order valence-electron chi connectivity index (χ4n) is 1.99. The number of anilines is 1. The number of hydrogen-bond donors (Lipinski definition) is 1. The molecule has 2 aromatic carbocycles. The van der Waals surface area contributed by atoms with Gasteiger partial charge in [0.05, 0.1) is 0 Å². The van der Waals surface area contributed by atoms with Crippen molar-refractivity contribution in [3.8, 4) is 0 Å². The molecule has 0 amide bonds. The standard InChI is InChI=1S/C15H12FN3S/c16-12-6-8-13(9-7-12)19-10-17-14(18-15(19)20)11-4-2-1-3-5-11/h1-9H,10H2,(H,17,18,20). The number of aliphatic imine (C=N–C) groups is 1. The van der Waals surface area contributed by atoms with E-state index in [1.165, 1.54) is 12.1 Å². The average Bonchev–Trinajstić information content (AvgIpc) is 2.49. The van der Waals surface area contributed by atoms with Crippen LogP contribution in [0.1, 0.15) is 5.56 Å². The Kier molecular flexibility index (Phi) is 3.43. The number of amidine groups is 1. The first-order chi connectivity index (χ1) is 9.74. The van der Waals surface area contributed by atoms with E-state index in [2.05, 4.69) is 10.3 Å². The minimum absolute atomic E-state index is 0.266. The highest BCUT2D eigenvalue weighted by Crippen LogP contribution is 2.17. The predicted octanol–water partition coefficient (Wildman–Crippen LogP) is 2.92. The first kappa shape index (κ1) is 12.7. The summed E-state index contributed by atoms with van der Waals surface area (Å²) in [5.74, 6) is 0.493. The van der Waals surface area contributed by atoms with E-state index in [4.69, 9.17) is 12.2 Å². The van der Waals surface area contributed by atoms with Crippen LogP contribution in [0.2, 0.25) is 0 Å². The van der Waals surface area contributed by atoms with Gasteiger partial charge >= 0.3 is 0 Å². The van der Waals surface area contributed by atoms with Crippen LogP contribution in [0.5, 0.6) is 0 Å². The molecule has 0 saturated carbocycles. The first-order valence-electron chi connectivity index (χ1n) is 6.18. The molecule has 5 heteroatoms. The summed E-state index contributed by atoms with van der Waals surface area (Å²) in [4.78, 5) is 6.30. The molecule has 100 valence electrons. The maximum absolute atomic E-state index is 12.9. The molecule has 0 spiro atoms. The number of rotatable bonds is 2. The van der Waals surface area contributed by atoms with Crippen molar-refractivity contribution in [2.75, 3.05) is 11.6 Å². The van der Waals surface area contributed by atoms with Crippen LogP contribution in [0, 0.1) is 5.82 Å². The molecule has 0 radical (unpaired) electrons. The van der Waals surface area contributed by atoms with E-state index in [0.717, 1.165) is 17.1 Å². The van der Waals surface area contributed by atoms with Gasteiger partial charge in [0.25, 0.3) is 0 Å². The summed E-state index contributed by atoms with van der Waals surface area (Å²) in [5, 5.41) is 3.67. The van der Waals surface area contributed by atoms with Gasteiger partial charge in [-0.3, -0.25) is 4.90 Å². The molecule has 0 saturated heterocycles. The van der Waals surface area contributed by atoms with Crippen LogP contribution in [0.4, 0.5) is 10.1 Å². The van der Waals surface area contributed by atoms with E-state index >= 15 is 0 Å². The molecular weight excluding hydrogens is 273 g/mol. The highest BCUT2D eigenvalue weighted by Gasteiger charge is 2.19. The van der Waals surface area contributed by atoms with Crippen molar-refractivity contribution in [2.45, 2.75) is 0 Å². The number of halogens is 1. The Labute approximate surface area is 121 Å². The Morgan fingerprint density at radius 2 is 1.75 bits per heavy atom. The molecule has 0 unspecified atom stereocenters. The van der Waals surface area contributed by atoms with E-state index in [1.54, 1.807) is 12.1 Å². The zero-order valence-corrected chi connectivity index (χ0v) is 11.4. The van der Waals surface area contributed by atoms with Crippen LogP contribution < -0.4 is 10.2 Å². The van der Waals surface area contributed by atoms with Gasteiger partial charge in [0.15, 0.2) is 5.11 Å². The fourth-order valence-corrected chi connectivity index (χ4v) is 2.25. The van der Waals surface area contributed by atoms with Crippen LogP contribution in [0.3, 0.4) is 0 Å². The molecule has 1 N–H and O–H groups in total. The van der Waals surface area contributed by atoms with Crippen molar-refractivity contribution in [2.24, 2.45) is 4.99 Å². The van der Waals surface area contributed by atoms with Gasteiger partial charge in [-0.15, -0.1) is 0 Å². The van der Waals surface area contributed by atoms with Crippen molar-refractivity contribution in [1.29, 1.82) is 0 Å². The molecule has 20 heavy (non-hydrogen) atoms. The lowest BCUT2D eigenvalue weighted by molar-refractivity contribution is 0.628. The number of thiocarbonyl (C=S) groups is 1. The van der Waals surface area contributed by atoms with Gasteiger partial charge in [-0.05, 0) is 36.5 Å². The number of hydrogen-bond acceptors (Lipinski definition) is 2. The summed E-state index contributed by atoms with van der Waals surface area (Å²) >= 11 is 5.36. The van der Waals surface area contributed by atoms with Crippen molar-refractivity contribution >= 4 is 28.9 Å². The molecule has 2 aromatic rings. The molecule has 0 fully saturated rings. The molecule has 0 aromatic heterocycles. The van der Waals surface area contributed by atoms with Crippen molar-refractivity contribution < 1.29 is 4.39 Å². The largest absolute Gasteiger partial charge is 0.317 e. The van der Waals surface area contributed by atoms with Crippen LogP contribution in [-0.4, -0.2) is 17.6 Å². The molecular formula is C15H12FN3S. The zero-order valence-electron chi connectivity index (χ0n) is 10.6. The Morgan fingerprint density at radius 1 is 1.05 bits per heavy atom. The lowest BCUT2D eigenvalue weighted by Crippen LogP contribution is -2.47. The summed E-state index contributed by atoms with van der Waals surface area (Å²) in [6.45, 7) is 0.418. The summed E-state index contributed by atoms with van der Waals surface area (Å²) in [7, 11) is 0. The van der Waals surface area contributed by atoms with Gasteiger partial charge < -0.3 is 5.32 Å². The minimum Gasteiger partial charge on any atom is -0.317 e. The van der Waals surface area contributed by atoms with Crippen LogP contribution >= 0.6 is 12.2 Å².